The molecule has 0 spiro atoms. The van der Waals surface area contributed by atoms with Gasteiger partial charge in [-0.1, -0.05) is 24.3 Å². The van der Waals surface area contributed by atoms with E-state index in [0.717, 1.165) is 10.5 Å². The van der Waals surface area contributed by atoms with Gasteiger partial charge in [0.15, 0.2) is 0 Å². The van der Waals surface area contributed by atoms with Crippen LogP contribution in [0.15, 0.2) is 47.5 Å². The van der Waals surface area contributed by atoms with Crippen LogP contribution in [0.25, 0.3) is 0 Å². The van der Waals surface area contributed by atoms with Crippen LogP contribution in [0.3, 0.4) is 0 Å². The number of urea groups is 1. The smallest absolute Gasteiger partial charge is 0.351 e. The van der Waals surface area contributed by atoms with Gasteiger partial charge in [-0.3, -0.25) is 9.59 Å². The van der Waals surface area contributed by atoms with Crippen LogP contribution in [0.5, 0.6) is 0 Å². The second kappa shape index (κ2) is 9.27. The molecule has 0 aromatic heterocycles. The molecule has 0 unspecified atom stereocenters. The van der Waals surface area contributed by atoms with Crippen molar-refractivity contribution in [2.45, 2.75) is 13.3 Å². The number of nitrogens with zero attached hydrogens (tertiary/aromatic N) is 3. The molecule has 32 heavy (non-hydrogen) atoms. The first kappa shape index (κ1) is 21.6. The Hall–Kier alpha value is -3.59. The molecule has 0 atom stereocenters. The Morgan fingerprint density at radius 1 is 1.16 bits per heavy atom. The molecule has 9 heteroatoms. The lowest BCUT2D eigenvalue weighted by molar-refractivity contribution is -0.125. The molecule has 2 heterocycles. The van der Waals surface area contributed by atoms with Gasteiger partial charge in [0.2, 0.25) is 5.91 Å². The molecule has 0 saturated carbocycles. The topological polar surface area (TPSA) is 91.3 Å². The van der Waals surface area contributed by atoms with Gasteiger partial charge in [0.05, 0.1) is 18.9 Å². The van der Waals surface area contributed by atoms with E-state index in [4.69, 9.17) is 4.74 Å². The van der Waals surface area contributed by atoms with E-state index in [1.165, 1.54) is 6.07 Å². The Balaban J connectivity index is 1.39. The van der Waals surface area contributed by atoms with E-state index in [1.807, 2.05) is 24.0 Å². The Kier molecular flexibility index (Phi) is 6.27. The Labute approximate surface area is 184 Å². The molecule has 4 amide bonds. The summed E-state index contributed by atoms with van der Waals surface area (Å²) in [6.07, 6.45) is 0.000791. The molecule has 0 aliphatic carbocycles. The number of aliphatic imine (C=N–C) groups is 1. The minimum Gasteiger partial charge on any atom is -0.378 e. The summed E-state index contributed by atoms with van der Waals surface area (Å²) in [7, 11) is 0. The zero-order valence-corrected chi connectivity index (χ0v) is 17.6. The van der Waals surface area contributed by atoms with Crippen LogP contribution >= 0.6 is 0 Å². The molecule has 166 valence electrons. The number of aryl methyl sites for hydroxylation is 1. The first-order valence-corrected chi connectivity index (χ1v) is 10.3. The number of ether oxygens (including phenoxy) is 1. The fourth-order valence-corrected chi connectivity index (χ4v) is 3.68. The fraction of sp³-hybridized carbons (Fsp3) is 0.304. The number of anilines is 2. The summed E-state index contributed by atoms with van der Waals surface area (Å²) in [6.45, 7) is 3.70. The Bertz CT molecular complexity index is 1100. The number of carbonyl (C=O) groups is 3. The van der Waals surface area contributed by atoms with Crippen LogP contribution in [0.1, 0.15) is 11.1 Å². The number of carbonyl (C=O) groups excluding carboxylic acids is 3. The van der Waals surface area contributed by atoms with E-state index < -0.39 is 30.2 Å². The molecule has 1 saturated heterocycles. The molecule has 1 fully saturated rings. The lowest BCUT2D eigenvalue weighted by Gasteiger charge is -2.29. The SMILES string of the molecule is Cc1ccccc1NC(=O)CN1C(=O)N=C(Cc2ccc(N3CCOCC3)c(F)c2)C1=O. The number of benzene rings is 2. The minimum atomic E-state index is -0.796. The van der Waals surface area contributed by atoms with Crippen molar-refractivity contribution in [1.82, 2.24) is 4.90 Å². The highest BCUT2D eigenvalue weighted by molar-refractivity contribution is 6.46. The fourth-order valence-electron chi connectivity index (χ4n) is 3.68. The van der Waals surface area contributed by atoms with Gasteiger partial charge in [-0.15, -0.1) is 0 Å². The van der Waals surface area contributed by atoms with Gasteiger partial charge in [0.1, 0.15) is 18.1 Å². The molecule has 2 aromatic carbocycles. The van der Waals surface area contributed by atoms with Crippen molar-refractivity contribution in [2.24, 2.45) is 4.99 Å². The van der Waals surface area contributed by atoms with Crippen molar-refractivity contribution in [3.05, 3.63) is 59.4 Å². The Morgan fingerprint density at radius 3 is 2.62 bits per heavy atom. The molecule has 8 nitrogen and oxygen atoms in total. The van der Waals surface area contributed by atoms with E-state index in [1.54, 1.807) is 24.3 Å². The molecule has 0 bridgehead atoms. The van der Waals surface area contributed by atoms with Gasteiger partial charge in [-0.05, 0) is 36.2 Å². The third-order valence-electron chi connectivity index (χ3n) is 5.41. The number of hydrogen-bond donors (Lipinski definition) is 1. The maximum Gasteiger partial charge on any atom is 0.351 e. The predicted molar refractivity (Wildman–Crippen MR) is 117 cm³/mol. The largest absolute Gasteiger partial charge is 0.378 e. The molecule has 1 N–H and O–H groups in total. The average molecular weight is 438 g/mol. The van der Waals surface area contributed by atoms with Crippen molar-refractivity contribution in [3.63, 3.8) is 0 Å². The number of hydrogen-bond acceptors (Lipinski definition) is 5. The van der Waals surface area contributed by atoms with Crippen molar-refractivity contribution < 1.29 is 23.5 Å². The third-order valence-corrected chi connectivity index (χ3v) is 5.41. The van der Waals surface area contributed by atoms with E-state index in [2.05, 4.69) is 10.3 Å². The first-order valence-electron chi connectivity index (χ1n) is 10.3. The van der Waals surface area contributed by atoms with Gasteiger partial charge in [0.25, 0.3) is 5.91 Å². The summed E-state index contributed by atoms with van der Waals surface area (Å²) in [5.41, 5.74) is 2.44. The number of para-hydroxylation sites is 1. The third kappa shape index (κ3) is 4.67. The molecule has 0 radical (unpaired) electrons. The van der Waals surface area contributed by atoms with E-state index >= 15 is 0 Å². The summed E-state index contributed by atoms with van der Waals surface area (Å²) in [4.78, 5) is 43.7. The maximum atomic E-state index is 14.6. The van der Waals surface area contributed by atoms with Crippen molar-refractivity contribution in [1.29, 1.82) is 0 Å². The van der Waals surface area contributed by atoms with E-state index in [9.17, 15) is 18.8 Å². The molecule has 2 aromatic rings. The van der Waals surface area contributed by atoms with Gasteiger partial charge in [-0.25, -0.2) is 14.1 Å². The second-order valence-corrected chi connectivity index (χ2v) is 7.66. The predicted octanol–water partition coefficient (Wildman–Crippen LogP) is 2.56. The van der Waals surface area contributed by atoms with Gasteiger partial charge in [-0.2, -0.15) is 4.99 Å². The lowest BCUT2D eigenvalue weighted by atomic mass is 10.1. The minimum absolute atomic E-state index is 0.000791. The molecular formula is C23H23FN4O4. The van der Waals surface area contributed by atoms with Crippen molar-refractivity contribution in [2.75, 3.05) is 43.1 Å². The van der Waals surface area contributed by atoms with Gasteiger partial charge < -0.3 is 15.0 Å². The summed E-state index contributed by atoms with van der Waals surface area (Å²) < 4.78 is 19.9. The zero-order chi connectivity index (χ0) is 22.7. The molecule has 4 rings (SSSR count). The quantitative estimate of drug-likeness (QED) is 0.749. The number of amides is 4. The molecular weight excluding hydrogens is 415 g/mol. The summed E-state index contributed by atoms with van der Waals surface area (Å²) in [5, 5.41) is 2.69. The molecule has 2 aliphatic rings. The summed E-state index contributed by atoms with van der Waals surface area (Å²) in [6, 6.07) is 11.1. The normalized spacial score (nSPS) is 16.4. The lowest BCUT2D eigenvalue weighted by Crippen LogP contribution is -2.39. The number of imide groups is 1. The van der Waals surface area contributed by atoms with Gasteiger partial charge >= 0.3 is 6.03 Å². The highest BCUT2D eigenvalue weighted by Crippen LogP contribution is 2.23. The zero-order valence-electron chi connectivity index (χ0n) is 17.6. The molecule has 2 aliphatic heterocycles. The monoisotopic (exact) mass is 438 g/mol. The van der Waals surface area contributed by atoms with Crippen molar-refractivity contribution >= 4 is 34.9 Å². The van der Waals surface area contributed by atoms with Crippen molar-refractivity contribution in [3.8, 4) is 0 Å². The number of morpholine rings is 1. The number of halogens is 1. The highest BCUT2D eigenvalue weighted by Gasteiger charge is 2.34. The highest BCUT2D eigenvalue weighted by atomic mass is 19.1. The second-order valence-electron chi connectivity index (χ2n) is 7.66. The maximum absolute atomic E-state index is 14.6. The van der Waals surface area contributed by atoms with E-state index in [0.29, 0.717) is 43.2 Å². The van der Waals surface area contributed by atoms with Crippen LogP contribution in [-0.4, -0.2) is 61.3 Å². The van der Waals surface area contributed by atoms with Crippen LogP contribution in [0, 0.1) is 12.7 Å². The van der Waals surface area contributed by atoms with Crippen LogP contribution in [0.2, 0.25) is 0 Å². The average Bonchev–Trinajstić information content (AvgIpc) is 3.03. The number of nitrogens with one attached hydrogen (secondary N) is 1. The summed E-state index contributed by atoms with van der Waals surface area (Å²) in [5.74, 6) is -1.55. The number of rotatable bonds is 6. The van der Waals surface area contributed by atoms with Gasteiger partial charge in [0, 0.05) is 25.2 Å². The van der Waals surface area contributed by atoms with E-state index in [-0.39, 0.29) is 12.1 Å². The summed E-state index contributed by atoms with van der Waals surface area (Å²) >= 11 is 0. The Morgan fingerprint density at radius 2 is 1.91 bits per heavy atom. The van der Waals surface area contributed by atoms with Crippen LogP contribution in [-0.2, 0) is 20.7 Å². The van der Waals surface area contributed by atoms with Crippen LogP contribution in [0.4, 0.5) is 20.6 Å². The standard InChI is InChI=1S/C23H23FN4O4/c1-15-4-2-3-5-18(15)25-21(29)14-28-22(30)19(26-23(28)31)13-16-6-7-20(17(24)12-16)27-8-10-32-11-9-27/h2-7,12H,8-11,13-14H2,1H3,(H,25,29). The first-order chi connectivity index (χ1) is 15.4. The van der Waals surface area contributed by atoms with Crippen LogP contribution < -0.4 is 10.2 Å².